The lowest BCUT2D eigenvalue weighted by Gasteiger charge is -2.29. The number of hydrogen-bond acceptors (Lipinski definition) is 5. The van der Waals surface area contributed by atoms with Gasteiger partial charge in [0, 0.05) is 12.1 Å². The molecule has 0 spiro atoms. The number of ether oxygens (including phenoxy) is 1. The third-order valence-corrected chi connectivity index (χ3v) is 3.71. The maximum absolute atomic E-state index is 12.2. The van der Waals surface area contributed by atoms with Crippen LogP contribution >= 0.6 is 0 Å². The minimum atomic E-state index is -0.333. The number of nitrogens with one attached hydrogen (secondary N) is 2. The number of aromatic nitrogens is 1. The molecular formula is C16H19N3O3. The molecule has 0 aliphatic carbocycles. The Labute approximate surface area is 128 Å². The first-order valence-corrected chi connectivity index (χ1v) is 7.36. The van der Waals surface area contributed by atoms with E-state index < -0.39 is 0 Å². The van der Waals surface area contributed by atoms with Gasteiger partial charge in [-0.15, -0.1) is 0 Å². The average molecular weight is 301 g/mol. The summed E-state index contributed by atoms with van der Waals surface area (Å²) in [5.41, 5.74) is 1.65. The van der Waals surface area contributed by atoms with Gasteiger partial charge in [-0.2, -0.15) is 0 Å². The van der Waals surface area contributed by atoms with Gasteiger partial charge in [0.05, 0.1) is 19.3 Å². The van der Waals surface area contributed by atoms with Crippen LogP contribution in [0.4, 0.5) is 0 Å². The van der Waals surface area contributed by atoms with Gasteiger partial charge in [-0.25, -0.2) is 4.98 Å². The largest absolute Gasteiger partial charge is 0.443 e. The highest BCUT2D eigenvalue weighted by molar-refractivity contribution is 5.82. The second kappa shape index (κ2) is 6.72. The van der Waals surface area contributed by atoms with Crippen molar-refractivity contribution in [1.82, 2.24) is 15.6 Å². The van der Waals surface area contributed by atoms with E-state index in [4.69, 9.17) is 9.15 Å². The molecule has 0 unspecified atom stereocenters. The summed E-state index contributed by atoms with van der Waals surface area (Å²) in [4.78, 5) is 16.4. The number of carbonyl (C=O) groups is 1. The standard InChI is InChI=1S/C16H19N3O3/c1-11-14(17-7-8-21-11)16(20)18-9-13-15(22-10-19-13)12-5-3-2-4-6-12/h2-6,10-11,14,17H,7-9H2,1H3,(H,18,20)/t11-,14+/m1/s1. The molecule has 1 saturated heterocycles. The third-order valence-electron chi connectivity index (χ3n) is 3.71. The minimum absolute atomic E-state index is 0.0887. The molecule has 116 valence electrons. The summed E-state index contributed by atoms with van der Waals surface area (Å²) in [6.07, 6.45) is 1.26. The first kappa shape index (κ1) is 14.7. The lowest BCUT2D eigenvalue weighted by atomic mass is 10.1. The van der Waals surface area contributed by atoms with Crippen molar-refractivity contribution in [1.29, 1.82) is 0 Å². The topological polar surface area (TPSA) is 76.4 Å². The van der Waals surface area contributed by atoms with E-state index in [2.05, 4.69) is 15.6 Å². The van der Waals surface area contributed by atoms with Gasteiger partial charge in [0.1, 0.15) is 11.7 Å². The lowest BCUT2D eigenvalue weighted by Crippen LogP contribution is -2.55. The van der Waals surface area contributed by atoms with Crippen LogP contribution in [0.15, 0.2) is 41.1 Å². The van der Waals surface area contributed by atoms with Crippen LogP contribution in [0.3, 0.4) is 0 Å². The Morgan fingerprint density at radius 3 is 3.00 bits per heavy atom. The van der Waals surface area contributed by atoms with Gasteiger partial charge in [0.2, 0.25) is 5.91 Å². The van der Waals surface area contributed by atoms with E-state index in [1.165, 1.54) is 6.39 Å². The quantitative estimate of drug-likeness (QED) is 0.891. The Kier molecular flexibility index (Phi) is 4.50. The summed E-state index contributed by atoms with van der Waals surface area (Å²) >= 11 is 0. The van der Waals surface area contributed by atoms with Gasteiger partial charge in [0.25, 0.3) is 0 Å². The van der Waals surface area contributed by atoms with E-state index in [0.29, 0.717) is 31.2 Å². The molecule has 2 heterocycles. The Hall–Kier alpha value is -2.18. The van der Waals surface area contributed by atoms with Crippen LogP contribution in [-0.2, 0) is 16.1 Å². The van der Waals surface area contributed by atoms with Gasteiger partial charge in [0.15, 0.2) is 12.2 Å². The first-order chi connectivity index (χ1) is 10.8. The van der Waals surface area contributed by atoms with Gasteiger partial charge < -0.3 is 19.8 Å². The number of rotatable bonds is 4. The molecular weight excluding hydrogens is 282 g/mol. The molecule has 2 aromatic rings. The molecule has 1 aliphatic rings. The Bertz CT molecular complexity index is 627. The fourth-order valence-electron chi connectivity index (χ4n) is 2.53. The molecule has 1 aromatic carbocycles. The van der Waals surface area contributed by atoms with E-state index >= 15 is 0 Å². The van der Waals surface area contributed by atoms with Gasteiger partial charge >= 0.3 is 0 Å². The van der Waals surface area contributed by atoms with Crippen LogP contribution in [-0.4, -0.2) is 36.2 Å². The fourth-order valence-corrected chi connectivity index (χ4v) is 2.53. The molecule has 6 heteroatoms. The minimum Gasteiger partial charge on any atom is -0.443 e. The van der Waals surface area contributed by atoms with Crippen LogP contribution in [0.2, 0.25) is 0 Å². The molecule has 1 aliphatic heterocycles. The highest BCUT2D eigenvalue weighted by Crippen LogP contribution is 2.22. The predicted octanol–water partition coefficient (Wildman–Crippen LogP) is 1.33. The Balaban J connectivity index is 1.65. The third kappa shape index (κ3) is 3.18. The van der Waals surface area contributed by atoms with Gasteiger partial charge in [-0.3, -0.25) is 4.79 Å². The zero-order chi connectivity index (χ0) is 15.4. The normalized spacial score (nSPS) is 21.5. The van der Waals surface area contributed by atoms with Crippen LogP contribution in [0.25, 0.3) is 11.3 Å². The van der Waals surface area contributed by atoms with Crippen LogP contribution < -0.4 is 10.6 Å². The Morgan fingerprint density at radius 2 is 2.23 bits per heavy atom. The van der Waals surface area contributed by atoms with E-state index in [1.807, 2.05) is 37.3 Å². The summed E-state index contributed by atoms with van der Waals surface area (Å²) in [5.74, 6) is 0.594. The van der Waals surface area contributed by atoms with Crippen LogP contribution in [0.5, 0.6) is 0 Å². The molecule has 1 amide bonds. The second-order valence-electron chi connectivity index (χ2n) is 5.22. The van der Waals surface area contributed by atoms with Crippen LogP contribution in [0.1, 0.15) is 12.6 Å². The molecule has 2 atom stereocenters. The molecule has 1 aromatic heterocycles. The summed E-state index contributed by atoms with van der Waals surface area (Å²) in [6, 6.07) is 9.38. The number of benzene rings is 1. The van der Waals surface area contributed by atoms with Gasteiger partial charge in [-0.1, -0.05) is 30.3 Å². The SMILES string of the molecule is C[C@H]1OCCN[C@@H]1C(=O)NCc1ncoc1-c1ccccc1. The summed E-state index contributed by atoms with van der Waals surface area (Å²) in [5, 5.41) is 6.06. The fraction of sp³-hybridized carbons (Fsp3) is 0.375. The molecule has 6 nitrogen and oxygen atoms in total. The van der Waals surface area contributed by atoms with Crippen molar-refractivity contribution in [2.24, 2.45) is 0 Å². The summed E-state index contributed by atoms with van der Waals surface area (Å²) < 4.78 is 10.9. The van der Waals surface area contributed by atoms with Crippen molar-refractivity contribution in [3.05, 3.63) is 42.4 Å². The molecule has 1 fully saturated rings. The predicted molar refractivity (Wildman–Crippen MR) is 81.0 cm³/mol. The van der Waals surface area contributed by atoms with E-state index in [-0.39, 0.29) is 18.1 Å². The number of nitrogens with zero attached hydrogens (tertiary/aromatic N) is 1. The molecule has 0 saturated carbocycles. The van der Waals surface area contributed by atoms with Crippen molar-refractivity contribution in [2.75, 3.05) is 13.2 Å². The molecule has 0 bridgehead atoms. The molecule has 3 rings (SSSR count). The molecule has 22 heavy (non-hydrogen) atoms. The maximum Gasteiger partial charge on any atom is 0.240 e. The van der Waals surface area contributed by atoms with Crippen molar-refractivity contribution < 1.29 is 13.9 Å². The van der Waals surface area contributed by atoms with Gasteiger partial charge in [-0.05, 0) is 6.92 Å². The van der Waals surface area contributed by atoms with E-state index in [1.54, 1.807) is 0 Å². The van der Waals surface area contributed by atoms with Crippen molar-refractivity contribution in [2.45, 2.75) is 25.6 Å². The van der Waals surface area contributed by atoms with Crippen molar-refractivity contribution in [3.8, 4) is 11.3 Å². The highest BCUT2D eigenvalue weighted by Gasteiger charge is 2.28. The van der Waals surface area contributed by atoms with Crippen molar-refractivity contribution in [3.63, 3.8) is 0 Å². The first-order valence-electron chi connectivity index (χ1n) is 7.36. The number of carbonyl (C=O) groups excluding carboxylic acids is 1. The van der Waals surface area contributed by atoms with E-state index in [9.17, 15) is 4.79 Å². The van der Waals surface area contributed by atoms with Crippen molar-refractivity contribution >= 4 is 5.91 Å². The van der Waals surface area contributed by atoms with E-state index in [0.717, 1.165) is 5.56 Å². The Morgan fingerprint density at radius 1 is 1.41 bits per heavy atom. The number of hydrogen-bond donors (Lipinski definition) is 2. The molecule has 2 N–H and O–H groups in total. The summed E-state index contributed by atoms with van der Waals surface area (Å²) in [7, 11) is 0. The maximum atomic E-state index is 12.2. The monoisotopic (exact) mass is 301 g/mol. The van der Waals surface area contributed by atoms with Crippen LogP contribution in [0, 0.1) is 0 Å². The molecule has 0 radical (unpaired) electrons. The summed E-state index contributed by atoms with van der Waals surface area (Å²) in [6.45, 7) is 3.53. The highest BCUT2D eigenvalue weighted by atomic mass is 16.5. The number of oxazole rings is 1. The number of amides is 1. The smallest absolute Gasteiger partial charge is 0.240 e. The number of morpholine rings is 1. The second-order valence-corrected chi connectivity index (χ2v) is 5.22. The zero-order valence-corrected chi connectivity index (χ0v) is 12.4. The zero-order valence-electron chi connectivity index (χ0n) is 12.4. The lowest BCUT2D eigenvalue weighted by molar-refractivity contribution is -0.129. The average Bonchev–Trinajstić information content (AvgIpc) is 3.02.